The first-order chi connectivity index (χ1) is 10.1. The summed E-state index contributed by atoms with van der Waals surface area (Å²) in [4.78, 5) is 20.8. The van der Waals surface area contributed by atoms with Crippen molar-refractivity contribution in [1.29, 1.82) is 0 Å². The van der Waals surface area contributed by atoms with Crippen molar-refractivity contribution in [2.24, 2.45) is 0 Å². The fourth-order valence-electron chi connectivity index (χ4n) is 1.88. The molecule has 0 bridgehead atoms. The van der Waals surface area contributed by atoms with E-state index in [0.717, 1.165) is 15.7 Å². The maximum absolute atomic E-state index is 12.3. The molecule has 21 heavy (non-hydrogen) atoms. The van der Waals surface area contributed by atoms with Crippen LogP contribution in [-0.4, -0.2) is 22.4 Å². The van der Waals surface area contributed by atoms with E-state index in [0.29, 0.717) is 24.5 Å². The third kappa shape index (κ3) is 4.01. The van der Waals surface area contributed by atoms with Crippen LogP contribution in [0.3, 0.4) is 0 Å². The number of carbonyl (C=O) groups is 1. The zero-order valence-electron chi connectivity index (χ0n) is 12.0. The molecule has 0 radical (unpaired) electrons. The zero-order valence-corrected chi connectivity index (χ0v) is 13.6. The molecule has 0 unspecified atom stereocenters. The number of halogens is 1. The molecule has 110 valence electrons. The minimum atomic E-state index is -0.176. The minimum Gasteiger partial charge on any atom is -0.370 e. The lowest BCUT2D eigenvalue weighted by molar-refractivity contribution is 0.0951. The smallest absolute Gasteiger partial charge is 0.255 e. The average Bonchev–Trinajstić information content (AvgIpc) is 2.48. The molecule has 2 heterocycles. The highest BCUT2D eigenvalue weighted by molar-refractivity contribution is 9.10. The lowest BCUT2D eigenvalue weighted by Gasteiger charge is -2.11. The maximum atomic E-state index is 12.3. The van der Waals surface area contributed by atoms with Crippen LogP contribution < -0.4 is 10.6 Å². The molecule has 2 aromatic heterocycles. The number of rotatable bonds is 5. The van der Waals surface area contributed by atoms with Gasteiger partial charge in [-0.1, -0.05) is 6.07 Å². The predicted molar refractivity (Wildman–Crippen MR) is 86.2 cm³/mol. The Labute approximate surface area is 132 Å². The summed E-state index contributed by atoms with van der Waals surface area (Å²) in [7, 11) is 0. The number of aromatic nitrogens is 2. The molecule has 0 atom stereocenters. The van der Waals surface area contributed by atoms with Crippen LogP contribution in [0.25, 0.3) is 0 Å². The van der Waals surface area contributed by atoms with Crippen molar-refractivity contribution in [3.63, 3.8) is 0 Å². The topological polar surface area (TPSA) is 66.9 Å². The van der Waals surface area contributed by atoms with Crippen molar-refractivity contribution in [3.05, 3.63) is 51.9 Å². The summed E-state index contributed by atoms with van der Waals surface area (Å²) < 4.78 is 0.767. The Morgan fingerprint density at radius 3 is 2.90 bits per heavy atom. The first-order valence-corrected chi connectivity index (χ1v) is 7.49. The van der Waals surface area contributed by atoms with Gasteiger partial charge < -0.3 is 10.6 Å². The molecule has 2 rings (SSSR count). The molecular weight excluding hydrogens is 332 g/mol. The number of hydrogen-bond acceptors (Lipinski definition) is 4. The highest BCUT2D eigenvalue weighted by Crippen LogP contribution is 2.18. The number of amides is 1. The molecule has 0 saturated carbocycles. The Bertz CT molecular complexity index is 645. The molecule has 2 N–H and O–H groups in total. The second-order valence-electron chi connectivity index (χ2n) is 4.53. The van der Waals surface area contributed by atoms with Crippen LogP contribution in [0.4, 0.5) is 5.82 Å². The van der Waals surface area contributed by atoms with E-state index in [1.807, 2.05) is 26.0 Å². The number of nitrogens with one attached hydrogen (secondary N) is 2. The fourth-order valence-corrected chi connectivity index (χ4v) is 2.21. The second kappa shape index (κ2) is 7.17. The number of pyridine rings is 2. The first-order valence-electron chi connectivity index (χ1n) is 6.70. The summed E-state index contributed by atoms with van der Waals surface area (Å²) in [5.74, 6) is 0.403. The summed E-state index contributed by atoms with van der Waals surface area (Å²) in [6.07, 6.45) is 3.39. The van der Waals surface area contributed by atoms with E-state index < -0.39 is 0 Å². The van der Waals surface area contributed by atoms with E-state index in [2.05, 4.69) is 36.5 Å². The fraction of sp³-hybridized carbons (Fsp3) is 0.267. The summed E-state index contributed by atoms with van der Waals surface area (Å²) in [5, 5.41) is 5.97. The van der Waals surface area contributed by atoms with Crippen LogP contribution >= 0.6 is 15.9 Å². The molecule has 0 aromatic carbocycles. The van der Waals surface area contributed by atoms with Crippen molar-refractivity contribution in [1.82, 2.24) is 15.3 Å². The van der Waals surface area contributed by atoms with Crippen molar-refractivity contribution < 1.29 is 4.79 Å². The van der Waals surface area contributed by atoms with E-state index in [4.69, 9.17) is 0 Å². The normalized spacial score (nSPS) is 10.2. The molecule has 5 nitrogen and oxygen atoms in total. The molecule has 0 saturated heterocycles. The summed E-state index contributed by atoms with van der Waals surface area (Å²) >= 11 is 3.34. The van der Waals surface area contributed by atoms with Gasteiger partial charge in [0.1, 0.15) is 5.82 Å². The van der Waals surface area contributed by atoms with Crippen LogP contribution in [-0.2, 0) is 6.54 Å². The summed E-state index contributed by atoms with van der Waals surface area (Å²) in [6.45, 7) is 5.03. The number of anilines is 1. The second-order valence-corrected chi connectivity index (χ2v) is 5.45. The first kappa shape index (κ1) is 15.4. The summed E-state index contributed by atoms with van der Waals surface area (Å²) in [5.41, 5.74) is 2.43. The van der Waals surface area contributed by atoms with Gasteiger partial charge in [0.25, 0.3) is 5.91 Å². The van der Waals surface area contributed by atoms with Crippen LogP contribution in [0.1, 0.15) is 28.5 Å². The monoisotopic (exact) mass is 348 g/mol. The standard InChI is InChI=1S/C15H17BrN4O/c1-3-17-14-12(7-11(16)8-19-14)15(21)20-9-13-10(2)5-4-6-18-13/h4-8H,3,9H2,1-2H3,(H,17,19)(H,20,21). The zero-order chi connectivity index (χ0) is 15.2. The molecule has 0 aliphatic rings. The Hall–Kier alpha value is -1.95. The van der Waals surface area contributed by atoms with Crippen LogP contribution in [0.15, 0.2) is 35.1 Å². The van der Waals surface area contributed by atoms with Gasteiger partial charge in [-0.15, -0.1) is 0 Å². The highest BCUT2D eigenvalue weighted by Gasteiger charge is 2.13. The van der Waals surface area contributed by atoms with Gasteiger partial charge in [0.05, 0.1) is 17.8 Å². The molecule has 2 aromatic rings. The van der Waals surface area contributed by atoms with Gasteiger partial charge in [-0.2, -0.15) is 0 Å². The van der Waals surface area contributed by atoms with Crippen molar-refractivity contribution in [3.8, 4) is 0 Å². The Balaban J connectivity index is 2.13. The van der Waals surface area contributed by atoms with E-state index in [-0.39, 0.29) is 5.91 Å². The van der Waals surface area contributed by atoms with Gasteiger partial charge in [-0.25, -0.2) is 4.98 Å². The molecule has 0 aliphatic heterocycles. The molecule has 0 fully saturated rings. The van der Waals surface area contributed by atoms with Gasteiger partial charge in [-0.3, -0.25) is 9.78 Å². The van der Waals surface area contributed by atoms with Gasteiger partial charge in [0, 0.05) is 23.4 Å². The van der Waals surface area contributed by atoms with Gasteiger partial charge >= 0.3 is 0 Å². The van der Waals surface area contributed by atoms with Crippen LogP contribution in [0.5, 0.6) is 0 Å². The van der Waals surface area contributed by atoms with Crippen LogP contribution in [0, 0.1) is 6.92 Å². The molecule has 0 aliphatic carbocycles. The molecule has 6 heteroatoms. The van der Waals surface area contributed by atoms with E-state index in [1.165, 1.54) is 0 Å². The molecular formula is C15H17BrN4O. The Morgan fingerprint density at radius 2 is 2.19 bits per heavy atom. The maximum Gasteiger partial charge on any atom is 0.255 e. The minimum absolute atomic E-state index is 0.176. The van der Waals surface area contributed by atoms with Crippen molar-refractivity contribution in [2.45, 2.75) is 20.4 Å². The van der Waals surface area contributed by atoms with E-state index in [9.17, 15) is 4.79 Å². The van der Waals surface area contributed by atoms with Crippen molar-refractivity contribution >= 4 is 27.7 Å². The SMILES string of the molecule is CCNc1ncc(Br)cc1C(=O)NCc1ncccc1C. The number of aryl methyl sites for hydroxylation is 1. The van der Waals surface area contributed by atoms with Gasteiger partial charge in [-0.05, 0) is 47.5 Å². The van der Waals surface area contributed by atoms with Gasteiger partial charge in [0.2, 0.25) is 0 Å². The van der Waals surface area contributed by atoms with Crippen molar-refractivity contribution in [2.75, 3.05) is 11.9 Å². The molecule has 1 amide bonds. The highest BCUT2D eigenvalue weighted by atomic mass is 79.9. The molecule has 0 spiro atoms. The van der Waals surface area contributed by atoms with E-state index >= 15 is 0 Å². The number of carbonyl (C=O) groups excluding carboxylic acids is 1. The third-order valence-electron chi connectivity index (χ3n) is 2.98. The van der Waals surface area contributed by atoms with E-state index in [1.54, 1.807) is 18.5 Å². The summed E-state index contributed by atoms with van der Waals surface area (Å²) in [6, 6.07) is 5.60. The number of nitrogens with zero attached hydrogens (tertiary/aromatic N) is 2. The quantitative estimate of drug-likeness (QED) is 0.871. The lowest BCUT2D eigenvalue weighted by atomic mass is 10.2. The largest absolute Gasteiger partial charge is 0.370 e. The Kier molecular flexibility index (Phi) is 5.27. The van der Waals surface area contributed by atoms with Gasteiger partial charge in [0.15, 0.2) is 0 Å². The Morgan fingerprint density at radius 1 is 1.38 bits per heavy atom. The number of hydrogen-bond donors (Lipinski definition) is 2. The lowest BCUT2D eigenvalue weighted by Crippen LogP contribution is -2.25. The average molecular weight is 349 g/mol. The predicted octanol–water partition coefficient (Wildman–Crippen LogP) is 2.91. The van der Waals surface area contributed by atoms with Crippen LogP contribution in [0.2, 0.25) is 0 Å². The third-order valence-corrected chi connectivity index (χ3v) is 3.41.